The van der Waals surface area contributed by atoms with Gasteiger partial charge >= 0.3 is 0 Å². The minimum absolute atomic E-state index is 0.503. The monoisotopic (exact) mass is 228 g/mol. The van der Waals surface area contributed by atoms with E-state index in [9.17, 15) is 0 Å². The van der Waals surface area contributed by atoms with Crippen molar-refractivity contribution in [3.8, 4) is 11.6 Å². The van der Waals surface area contributed by atoms with Crippen LogP contribution in [0.25, 0.3) is 0 Å². The van der Waals surface area contributed by atoms with E-state index < -0.39 is 0 Å². The average molecular weight is 228 g/mol. The van der Waals surface area contributed by atoms with E-state index in [1.165, 1.54) is 0 Å². The van der Waals surface area contributed by atoms with Crippen molar-refractivity contribution < 1.29 is 4.74 Å². The van der Waals surface area contributed by atoms with E-state index in [-0.39, 0.29) is 0 Å². The zero-order valence-corrected chi connectivity index (χ0v) is 10.1. The van der Waals surface area contributed by atoms with E-state index in [0.29, 0.717) is 12.4 Å². The highest BCUT2D eigenvalue weighted by Crippen LogP contribution is 2.24. The maximum absolute atomic E-state index is 5.74. The molecular formula is C14H16N2O. The summed E-state index contributed by atoms with van der Waals surface area (Å²) in [5.74, 6) is 1.44. The van der Waals surface area contributed by atoms with Crippen LogP contribution in [-0.2, 0) is 6.54 Å². The van der Waals surface area contributed by atoms with Crippen LogP contribution in [0, 0.1) is 13.8 Å². The summed E-state index contributed by atoms with van der Waals surface area (Å²) in [6.45, 7) is 4.52. The number of nitrogens with zero attached hydrogens (tertiary/aromatic N) is 1. The van der Waals surface area contributed by atoms with Crippen molar-refractivity contribution in [2.75, 3.05) is 0 Å². The highest BCUT2D eigenvalue weighted by molar-refractivity contribution is 5.36. The van der Waals surface area contributed by atoms with Gasteiger partial charge in [0.05, 0.1) is 0 Å². The summed E-state index contributed by atoms with van der Waals surface area (Å²) in [7, 11) is 0. The van der Waals surface area contributed by atoms with Gasteiger partial charge in [-0.05, 0) is 36.6 Å². The average Bonchev–Trinajstić information content (AvgIpc) is 2.32. The number of pyridine rings is 1. The molecule has 1 heterocycles. The molecule has 0 fully saturated rings. The summed E-state index contributed by atoms with van der Waals surface area (Å²) in [6.07, 6.45) is 1.77. The van der Waals surface area contributed by atoms with Crippen LogP contribution in [0.1, 0.15) is 16.7 Å². The Morgan fingerprint density at radius 1 is 1.18 bits per heavy atom. The molecule has 0 radical (unpaired) electrons. The smallest absolute Gasteiger partial charge is 0.219 e. The van der Waals surface area contributed by atoms with E-state index in [1.54, 1.807) is 6.20 Å². The molecule has 0 atom stereocenters. The lowest BCUT2D eigenvalue weighted by atomic mass is 10.1. The Labute approximate surface area is 101 Å². The fourth-order valence-corrected chi connectivity index (χ4v) is 1.61. The van der Waals surface area contributed by atoms with Crippen LogP contribution in [-0.4, -0.2) is 4.98 Å². The van der Waals surface area contributed by atoms with E-state index in [4.69, 9.17) is 10.5 Å². The third kappa shape index (κ3) is 2.63. The lowest BCUT2D eigenvalue weighted by Gasteiger charge is -2.09. The Kier molecular flexibility index (Phi) is 3.40. The molecule has 1 aromatic carbocycles. The minimum atomic E-state index is 0.503. The third-order valence-corrected chi connectivity index (χ3v) is 2.72. The first-order valence-corrected chi connectivity index (χ1v) is 5.60. The van der Waals surface area contributed by atoms with E-state index >= 15 is 0 Å². The van der Waals surface area contributed by atoms with Crippen molar-refractivity contribution in [1.82, 2.24) is 4.98 Å². The highest BCUT2D eigenvalue weighted by atomic mass is 16.5. The summed E-state index contributed by atoms with van der Waals surface area (Å²) in [4.78, 5) is 4.24. The second kappa shape index (κ2) is 4.97. The molecule has 2 N–H and O–H groups in total. The summed E-state index contributed by atoms with van der Waals surface area (Å²) in [5.41, 5.74) is 8.84. The zero-order chi connectivity index (χ0) is 12.3. The van der Waals surface area contributed by atoms with Crippen molar-refractivity contribution in [2.24, 2.45) is 5.73 Å². The third-order valence-electron chi connectivity index (χ3n) is 2.72. The van der Waals surface area contributed by atoms with Gasteiger partial charge in [-0.15, -0.1) is 0 Å². The molecule has 0 spiro atoms. The normalized spacial score (nSPS) is 10.3. The van der Waals surface area contributed by atoms with Gasteiger partial charge in [0.1, 0.15) is 5.75 Å². The van der Waals surface area contributed by atoms with Crippen LogP contribution < -0.4 is 10.5 Å². The molecule has 88 valence electrons. The van der Waals surface area contributed by atoms with Gasteiger partial charge < -0.3 is 10.5 Å². The molecule has 0 unspecified atom stereocenters. The fourth-order valence-electron chi connectivity index (χ4n) is 1.61. The molecule has 2 rings (SSSR count). The number of hydrogen-bond donors (Lipinski definition) is 1. The van der Waals surface area contributed by atoms with Crippen molar-refractivity contribution in [3.05, 3.63) is 53.2 Å². The van der Waals surface area contributed by atoms with Crippen LogP contribution in [0.5, 0.6) is 11.6 Å². The predicted molar refractivity (Wildman–Crippen MR) is 68.1 cm³/mol. The molecule has 17 heavy (non-hydrogen) atoms. The van der Waals surface area contributed by atoms with Crippen LogP contribution in [0.2, 0.25) is 0 Å². The molecule has 2 aromatic rings. The first kappa shape index (κ1) is 11.6. The molecule has 1 aromatic heterocycles. The van der Waals surface area contributed by atoms with Gasteiger partial charge in [0.2, 0.25) is 5.88 Å². The summed E-state index contributed by atoms with van der Waals surface area (Å²) in [5, 5.41) is 0. The number of para-hydroxylation sites is 1. The predicted octanol–water partition coefficient (Wildman–Crippen LogP) is 2.95. The fraction of sp³-hybridized carbons (Fsp3) is 0.214. The van der Waals surface area contributed by atoms with Gasteiger partial charge in [-0.25, -0.2) is 4.98 Å². The topological polar surface area (TPSA) is 48.1 Å². The van der Waals surface area contributed by atoms with Gasteiger partial charge in [0, 0.05) is 18.8 Å². The zero-order valence-electron chi connectivity index (χ0n) is 10.1. The maximum Gasteiger partial charge on any atom is 0.219 e. The Hall–Kier alpha value is -1.87. The Balaban J connectivity index is 2.25. The van der Waals surface area contributed by atoms with Gasteiger partial charge in [-0.3, -0.25) is 0 Å². The largest absolute Gasteiger partial charge is 0.439 e. The first-order valence-electron chi connectivity index (χ1n) is 5.60. The number of aromatic nitrogens is 1. The van der Waals surface area contributed by atoms with Crippen molar-refractivity contribution in [3.63, 3.8) is 0 Å². The summed E-state index contributed by atoms with van der Waals surface area (Å²) >= 11 is 0. The Bertz CT molecular complexity index is 523. The molecule has 0 aliphatic rings. The van der Waals surface area contributed by atoms with Crippen LogP contribution in [0.15, 0.2) is 36.5 Å². The van der Waals surface area contributed by atoms with Crippen molar-refractivity contribution in [1.29, 1.82) is 0 Å². The van der Waals surface area contributed by atoms with Crippen LogP contribution in [0.3, 0.4) is 0 Å². The molecule has 0 saturated carbocycles. The van der Waals surface area contributed by atoms with Crippen LogP contribution >= 0.6 is 0 Å². The van der Waals surface area contributed by atoms with Crippen LogP contribution in [0.4, 0.5) is 0 Å². The molecule has 0 saturated heterocycles. The second-order valence-corrected chi connectivity index (χ2v) is 4.02. The van der Waals surface area contributed by atoms with E-state index in [1.807, 2.05) is 44.2 Å². The number of rotatable bonds is 3. The Morgan fingerprint density at radius 2 is 1.94 bits per heavy atom. The van der Waals surface area contributed by atoms with Gasteiger partial charge in [0.15, 0.2) is 0 Å². The molecule has 0 bridgehead atoms. The van der Waals surface area contributed by atoms with E-state index in [0.717, 1.165) is 22.4 Å². The van der Waals surface area contributed by atoms with Crippen molar-refractivity contribution >= 4 is 0 Å². The molecule has 0 aliphatic carbocycles. The summed E-state index contributed by atoms with van der Waals surface area (Å²) < 4.78 is 5.74. The summed E-state index contributed by atoms with van der Waals surface area (Å²) in [6, 6.07) is 9.79. The first-order chi connectivity index (χ1) is 8.20. The SMILES string of the molecule is Cc1cc(Oc2ccccc2C)ncc1CN. The number of ether oxygens (including phenoxy) is 1. The number of benzene rings is 1. The molecule has 3 heteroatoms. The lowest BCUT2D eigenvalue weighted by Crippen LogP contribution is -2.00. The van der Waals surface area contributed by atoms with Gasteiger partial charge in [-0.1, -0.05) is 18.2 Å². The maximum atomic E-state index is 5.74. The Morgan fingerprint density at radius 3 is 2.59 bits per heavy atom. The standard InChI is InChI=1S/C14H16N2O/c1-10-5-3-4-6-13(10)17-14-7-11(2)12(8-15)9-16-14/h3-7,9H,8,15H2,1-2H3. The van der Waals surface area contributed by atoms with Gasteiger partial charge in [-0.2, -0.15) is 0 Å². The van der Waals surface area contributed by atoms with E-state index in [2.05, 4.69) is 4.98 Å². The van der Waals surface area contributed by atoms with Gasteiger partial charge in [0.25, 0.3) is 0 Å². The quantitative estimate of drug-likeness (QED) is 0.878. The number of hydrogen-bond acceptors (Lipinski definition) is 3. The molecule has 0 aliphatic heterocycles. The minimum Gasteiger partial charge on any atom is -0.439 e. The molecular weight excluding hydrogens is 212 g/mol. The molecule has 0 amide bonds. The molecule has 3 nitrogen and oxygen atoms in total. The number of nitrogens with two attached hydrogens (primary N) is 1. The number of aryl methyl sites for hydroxylation is 2. The lowest BCUT2D eigenvalue weighted by molar-refractivity contribution is 0.458. The highest BCUT2D eigenvalue weighted by Gasteiger charge is 2.04. The van der Waals surface area contributed by atoms with Crippen molar-refractivity contribution in [2.45, 2.75) is 20.4 Å². The second-order valence-electron chi connectivity index (χ2n) is 4.02.